The lowest BCUT2D eigenvalue weighted by atomic mass is 10.2. The molecule has 0 radical (unpaired) electrons. The molecule has 24 heavy (non-hydrogen) atoms. The predicted octanol–water partition coefficient (Wildman–Crippen LogP) is 1.72. The Morgan fingerprint density at radius 3 is 2.88 bits per heavy atom. The lowest BCUT2D eigenvalue weighted by Gasteiger charge is -2.21. The first-order valence-corrected chi connectivity index (χ1v) is 8.40. The van der Waals surface area contributed by atoms with Crippen molar-refractivity contribution in [1.82, 2.24) is 25.3 Å². The molecule has 2 N–H and O–H groups in total. The molecular formula is C17H28N6O. The second-order valence-electron chi connectivity index (χ2n) is 5.76. The van der Waals surface area contributed by atoms with Crippen LogP contribution in [0.2, 0.25) is 0 Å². The summed E-state index contributed by atoms with van der Waals surface area (Å²) in [5.74, 6) is 1.76. The molecule has 1 atom stereocenters. The van der Waals surface area contributed by atoms with Crippen LogP contribution in [0.5, 0.6) is 0 Å². The van der Waals surface area contributed by atoms with Crippen molar-refractivity contribution in [2.24, 2.45) is 4.99 Å². The molecule has 0 aliphatic heterocycles. The average Bonchev–Trinajstić information content (AvgIpc) is 3.25. The van der Waals surface area contributed by atoms with E-state index in [1.54, 1.807) is 12.5 Å². The number of furan rings is 1. The third kappa shape index (κ3) is 5.73. The van der Waals surface area contributed by atoms with Crippen LogP contribution in [-0.2, 0) is 6.54 Å². The van der Waals surface area contributed by atoms with Gasteiger partial charge in [0.2, 0.25) is 0 Å². The van der Waals surface area contributed by atoms with Gasteiger partial charge in [-0.2, -0.15) is 5.10 Å². The van der Waals surface area contributed by atoms with Gasteiger partial charge < -0.3 is 15.1 Å². The van der Waals surface area contributed by atoms with E-state index in [9.17, 15) is 0 Å². The number of guanidine groups is 1. The third-order valence-electron chi connectivity index (χ3n) is 3.68. The smallest absolute Gasteiger partial charge is 0.191 e. The summed E-state index contributed by atoms with van der Waals surface area (Å²) >= 11 is 0. The van der Waals surface area contributed by atoms with Gasteiger partial charge in [0.15, 0.2) is 5.96 Å². The van der Waals surface area contributed by atoms with Crippen molar-refractivity contribution >= 4 is 5.96 Å². The Morgan fingerprint density at radius 1 is 1.38 bits per heavy atom. The first kappa shape index (κ1) is 18.1. The predicted molar refractivity (Wildman–Crippen MR) is 96.0 cm³/mol. The molecule has 0 fully saturated rings. The highest BCUT2D eigenvalue weighted by molar-refractivity contribution is 5.79. The van der Waals surface area contributed by atoms with Gasteiger partial charge in [-0.05, 0) is 45.6 Å². The molecule has 0 saturated carbocycles. The van der Waals surface area contributed by atoms with E-state index in [1.165, 1.54) is 0 Å². The molecule has 7 heteroatoms. The fourth-order valence-corrected chi connectivity index (χ4v) is 2.39. The van der Waals surface area contributed by atoms with E-state index in [-0.39, 0.29) is 6.04 Å². The average molecular weight is 332 g/mol. The summed E-state index contributed by atoms with van der Waals surface area (Å²) in [6, 6.07) is 5.97. The highest BCUT2D eigenvalue weighted by Gasteiger charge is 2.16. The maximum absolute atomic E-state index is 5.53. The third-order valence-corrected chi connectivity index (χ3v) is 3.68. The zero-order chi connectivity index (χ0) is 17.2. The highest BCUT2D eigenvalue weighted by Crippen LogP contribution is 2.18. The quantitative estimate of drug-likeness (QED) is 0.416. The number of nitrogens with one attached hydrogen (secondary N) is 2. The fraction of sp³-hybridized carbons (Fsp3) is 0.529. The standard InChI is InChI=1S/C17H28N6O/c1-4-18-17(19-9-6-11-23-12-7-10-21-23)20-14-15(22(2)3)16-8-5-13-24-16/h5,7-8,10,12-13,15H,4,6,9,11,14H2,1-3H3,(H2,18,19,20). The van der Waals surface area contributed by atoms with Crippen LogP contribution in [0.25, 0.3) is 0 Å². The molecule has 0 aliphatic carbocycles. The molecule has 2 rings (SSSR count). The minimum atomic E-state index is 0.125. The number of hydrogen-bond acceptors (Lipinski definition) is 4. The summed E-state index contributed by atoms with van der Waals surface area (Å²) in [5.41, 5.74) is 0. The van der Waals surface area contributed by atoms with Crippen LogP contribution in [0.15, 0.2) is 46.3 Å². The van der Waals surface area contributed by atoms with Crippen LogP contribution in [0, 0.1) is 0 Å². The molecule has 0 saturated heterocycles. The van der Waals surface area contributed by atoms with E-state index < -0.39 is 0 Å². The van der Waals surface area contributed by atoms with Crippen LogP contribution in [-0.4, -0.2) is 54.4 Å². The van der Waals surface area contributed by atoms with Crippen molar-refractivity contribution < 1.29 is 4.42 Å². The van der Waals surface area contributed by atoms with E-state index in [2.05, 4.69) is 27.6 Å². The SMILES string of the molecule is CCNC(=NCC(c1ccco1)N(C)C)NCCCn1cccn1. The minimum Gasteiger partial charge on any atom is -0.468 e. The molecule has 2 heterocycles. The second-order valence-corrected chi connectivity index (χ2v) is 5.76. The number of aromatic nitrogens is 2. The molecule has 0 spiro atoms. The number of aryl methyl sites for hydroxylation is 1. The first-order chi connectivity index (χ1) is 11.7. The number of rotatable bonds is 9. The van der Waals surface area contributed by atoms with Gasteiger partial charge in [-0.25, -0.2) is 0 Å². The normalized spacial score (nSPS) is 13.2. The molecule has 132 valence electrons. The van der Waals surface area contributed by atoms with Crippen molar-refractivity contribution in [3.63, 3.8) is 0 Å². The lowest BCUT2D eigenvalue weighted by molar-refractivity contribution is 0.265. The first-order valence-electron chi connectivity index (χ1n) is 8.40. The Kier molecular flexibility index (Phi) is 7.35. The molecule has 2 aromatic heterocycles. The Balaban J connectivity index is 1.84. The zero-order valence-electron chi connectivity index (χ0n) is 14.8. The number of aliphatic imine (C=N–C) groups is 1. The van der Waals surface area contributed by atoms with Gasteiger partial charge in [-0.1, -0.05) is 0 Å². The van der Waals surface area contributed by atoms with Crippen molar-refractivity contribution in [2.45, 2.75) is 25.9 Å². The summed E-state index contributed by atoms with van der Waals surface area (Å²) in [7, 11) is 4.07. The van der Waals surface area contributed by atoms with Gasteiger partial charge in [0.05, 0.1) is 18.8 Å². The molecule has 0 aromatic carbocycles. The maximum atomic E-state index is 5.53. The lowest BCUT2D eigenvalue weighted by Crippen LogP contribution is -2.38. The van der Waals surface area contributed by atoms with Gasteiger partial charge in [0.25, 0.3) is 0 Å². The summed E-state index contributed by atoms with van der Waals surface area (Å²) < 4.78 is 7.46. The number of nitrogens with zero attached hydrogens (tertiary/aromatic N) is 4. The highest BCUT2D eigenvalue weighted by atomic mass is 16.3. The summed E-state index contributed by atoms with van der Waals surface area (Å²) in [6.07, 6.45) is 6.47. The molecule has 2 aromatic rings. The van der Waals surface area contributed by atoms with Crippen LogP contribution in [0.3, 0.4) is 0 Å². The Bertz CT molecular complexity index is 576. The Hall–Kier alpha value is -2.28. The Labute approximate surface area is 143 Å². The van der Waals surface area contributed by atoms with Crippen LogP contribution < -0.4 is 10.6 Å². The zero-order valence-corrected chi connectivity index (χ0v) is 14.8. The molecule has 0 amide bonds. The van der Waals surface area contributed by atoms with Gasteiger partial charge in [0.1, 0.15) is 5.76 Å². The summed E-state index contributed by atoms with van der Waals surface area (Å²) in [5, 5.41) is 10.9. The van der Waals surface area contributed by atoms with E-state index >= 15 is 0 Å². The van der Waals surface area contributed by atoms with E-state index in [0.29, 0.717) is 6.54 Å². The van der Waals surface area contributed by atoms with Crippen LogP contribution in [0.4, 0.5) is 0 Å². The van der Waals surface area contributed by atoms with Crippen LogP contribution >= 0.6 is 0 Å². The Morgan fingerprint density at radius 2 is 2.25 bits per heavy atom. The van der Waals surface area contributed by atoms with Crippen molar-refractivity contribution in [2.75, 3.05) is 33.7 Å². The summed E-state index contributed by atoms with van der Waals surface area (Å²) in [4.78, 5) is 6.81. The monoisotopic (exact) mass is 332 g/mol. The van der Waals surface area contributed by atoms with Gasteiger partial charge in [0, 0.05) is 32.0 Å². The van der Waals surface area contributed by atoms with Crippen molar-refractivity contribution in [3.8, 4) is 0 Å². The fourth-order valence-electron chi connectivity index (χ4n) is 2.39. The van der Waals surface area contributed by atoms with E-state index in [4.69, 9.17) is 9.41 Å². The second kappa shape index (κ2) is 9.77. The van der Waals surface area contributed by atoms with Crippen molar-refractivity contribution in [1.29, 1.82) is 0 Å². The number of hydrogen-bond donors (Lipinski definition) is 2. The minimum absolute atomic E-state index is 0.125. The van der Waals surface area contributed by atoms with Gasteiger partial charge in [-0.3, -0.25) is 14.6 Å². The topological polar surface area (TPSA) is 70.6 Å². The molecule has 0 aliphatic rings. The van der Waals surface area contributed by atoms with Gasteiger partial charge in [-0.15, -0.1) is 0 Å². The van der Waals surface area contributed by atoms with Crippen molar-refractivity contribution in [3.05, 3.63) is 42.6 Å². The summed E-state index contributed by atoms with van der Waals surface area (Å²) in [6.45, 7) is 5.27. The molecule has 1 unspecified atom stereocenters. The molecule has 7 nitrogen and oxygen atoms in total. The molecular weight excluding hydrogens is 304 g/mol. The van der Waals surface area contributed by atoms with E-state index in [1.807, 2.05) is 43.2 Å². The largest absolute Gasteiger partial charge is 0.468 e. The van der Waals surface area contributed by atoms with Gasteiger partial charge >= 0.3 is 0 Å². The van der Waals surface area contributed by atoms with Crippen LogP contribution in [0.1, 0.15) is 25.1 Å². The van der Waals surface area contributed by atoms with E-state index in [0.717, 1.165) is 37.8 Å². The maximum Gasteiger partial charge on any atom is 0.191 e. The number of likely N-dealkylation sites (N-methyl/N-ethyl adjacent to an activating group) is 1. The molecule has 0 bridgehead atoms.